The Morgan fingerprint density at radius 3 is 2.44 bits per heavy atom. The molecule has 0 aromatic carbocycles. The Morgan fingerprint density at radius 2 is 1.96 bits per heavy atom. The molecule has 0 spiro atoms. The number of nitrogens with zero attached hydrogens (tertiary/aromatic N) is 4. The number of anilines is 1. The highest BCUT2D eigenvalue weighted by Gasteiger charge is 2.42. The second-order valence-electron chi connectivity index (χ2n) is 6.31. The molecule has 3 rings (SSSR count). The van der Waals surface area contributed by atoms with Crippen molar-refractivity contribution >= 4 is 11.9 Å². The largest absolute Gasteiger partial charge is 0.490 e. The van der Waals surface area contributed by atoms with E-state index < -0.39 is 12.1 Å². The van der Waals surface area contributed by atoms with Crippen LogP contribution in [0.15, 0.2) is 18.5 Å². The Hall–Kier alpha value is -1.94. The number of carbonyl (C=O) groups is 1. The lowest BCUT2D eigenvalue weighted by Gasteiger charge is -2.20. The van der Waals surface area contributed by atoms with Gasteiger partial charge in [0.25, 0.3) is 0 Å². The molecule has 1 aromatic heterocycles. The lowest BCUT2D eigenvalue weighted by atomic mass is 10.0. The topological polar surface area (TPSA) is 78.8 Å². The molecule has 1 aromatic rings. The standard InChI is InChI=1S/C13H20N4O.C2HF3O2/c1-16(2)8-11-6-10-7-17(9-12(10)18-11)13-14-4-3-5-15-13;3-2(4,5)1(6)7/h3-5,10-12H,6-9H2,1-2H3;(H,6,7)/t10-,11-,12+;/m1./s1. The molecule has 2 aliphatic rings. The van der Waals surface area contributed by atoms with E-state index >= 15 is 0 Å². The predicted octanol–water partition coefficient (Wildman–Crippen LogP) is 1.27. The van der Waals surface area contributed by atoms with E-state index in [0.29, 0.717) is 18.1 Å². The summed E-state index contributed by atoms with van der Waals surface area (Å²) in [6.45, 7) is 2.98. The number of alkyl halides is 3. The third-order valence-electron chi connectivity index (χ3n) is 3.96. The van der Waals surface area contributed by atoms with Crippen LogP contribution in [0, 0.1) is 5.92 Å². The van der Waals surface area contributed by atoms with E-state index in [2.05, 4.69) is 33.9 Å². The van der Waals surface area contributed by atoms with Gasteiger partial charge in [-0.1, -0.05) is 0 Å². The Balaban J connectivity index is 0.000000277. The molecule has 3 heterocycles. The van der Waals surface area contributed by atoms with Gasteiger partial charge >= 0.3 is 12.1 Å². The van der Waals surface area contributed by atoms with Crippen molar-refractivity contribution in [3.8, 4) is 0 Å². The molecule has 140 valence electrons. The third kappa shape index (κ3) is 5.53. The van der Waals surface area contributed by atoms with Crippen LogP contribution in [0.25, 0.3) is 0 Å². The average molecular weight is 362 g/mol. The van der Waals surface area contributed by atoms with Crippen molar-refractivity contribution in [2.45, 2.75) is 24.8 Å². The molecular formula is C15H21F3N4O3. The minimum atomic E-state index is -5.08. The van der Waals surface area contributed by atoms with Crippen molar-refractivity contribution < 1.29 is 27.8 Å². The van der Waals surface area contributed by atoms with Crippen molar-refractivity contribution in [3.63, 3.8) is 0 Å². The molecular weight excluding hydrogens is 341 g/mol. The van der Waals surface area contributed by atoms with Gasteiger partial charge in [0.2, 0.25) is 5.95 Å². The molecule has 3 atom stereocenters. The van der Waals surface area contributed by atoms with Crippen molar-refractivity contribution in [2.24, 2.45) is 5.92 Å². The minimum Gasteiger partial charge on any atom is -0.475 e. The SMILES string of the molecule is CN(C)C[C@H]1C[C@@H]2CN(c3ncccn3)C[C@@H]2O1.O=C(O)C(F)(F)F. The first-order chi connectivity index (χ1) is 11.7. The quantitative estimate of drug-likeness (QED) is 0.867. The van der Waals surface area contributed by atoms with Crippen LogP contribution in [0.5, 0.6) is 0 Å². The Bertz CT molecular complexity index is 557. The number of aliphatic carboxylic acids is 1. The zero-order chi connectivity index (χ0) is 18.6. The summed E-state index contributed by atoms with van der Waals surface area (Å²) >= 11 is 0. The highest BCUT2D eigenvalue weighted by Crippen LogP contribution is 2.34. The van der Waals surface area contributed by atoms with Crippen LogP contribution in [0.1, 0.15) is 6.42 Å². The first kappa shape index (κ1) is 19.4. The Morgan fingerprint density at radius 1 is 1.36 bits per heavy atom. The van der Waals surface area contributed by atoms with Crippen LogP contribution in [0.4, 0.5) is 19.1 Å². The van der Waals surface area contributed by atoms with Gasteiger partial charge in [-0.25, -0.2) is 14.8 Å². The fourth-order valence-electron chi connectivity index (χ4n) is 3.01. The first-order valence-corrected chi connectivity index (χ1v) is 7.79. The van der Waals surface area contributed by atoms with Gasteiger partial charge < -0.3 is 19.6 Å². The minimum absolute atomic E-state index is 0.360. The maximum atomic E-state index is 10.6. The van der Waals surface area contributed by atoms with Crippen LogP contribution in [0.2, 0.25) is 0 Å². The number of likely N-dealkylation sites (N-methyl/N-ethyl adjacent to an activating group) is 1. The number of carboxylic acid groups (broad SMARTS) is 1. The summed E-state index contributed by atoms with van der Waals surface area (Å²) in [4.78, 5) is 21.9. The first-order valence-electron chi connectivity index (χ1n) is 7.79. The van der Waals surface area contributed by atoms with Gasteiger partial charge in [-0.2, -0.15) is 13.2 Å². The lowest BCUT2D eigenvalue weighted by molar-refractivity contribution is -0.192. The Labute approximate surface area is 143 Å². The van der Waals surface area contributed by atoms with Gasteiger partial charge in [0, 0.05) is 37.9 Å². The van der Waals surface area contributed by atoms with Crippen molar-refractivity contribution in [3.05, 3.63) is 18.5 Å². The molecule has 0 radical (unpaired) electrons. The smallest absolute Gasteiger partial charge is 0.475 e. The zero-order valence-electron chi connectivity index (χ0n) is 14.0. The summed E-state index contributed by atoms with van der Waals surface area (Å²) in [6, 6.07) is 1.85. The normalized spacial score (nSPS) is 25.5. The molecule has 0 unspecified atom stereocenters. The second kappa shape index (κ2) is 7.96. The molecule has 2 saturated heterocycles. The molecule has 0 bridgehead atoms. The summed E-state index contributed by atoms with van der Waals surface area (Å²) in [7, 11) is 4.20. The van der Waals surface area contributed by atoms with Crippen molar-refractivity contribution in [1.29, 1.82) is 0 Å². The maximum Gasteiger partial charge on any atom is 0.490 e. The Kier molecular flexibility index (Phi) is 6.17. The number of aromatic nitrogens is 2. The molecule has 0 amide bonds. The van der Waals surface area contributed by atoms with Crippen LogP contribution in [0.3, 0.4) is 0 Å². The van der Waals surface area contributed by atoms with Crippen molar-refractivity contribution in [1.82, 2.24) is 14.9 Å². The summed E-state index contributed by atoms with van der Waals surface area (Å²) < 4.78 is 37.8. The maximum absolute atomic E-state index is 10.6. The van der Waals surface area contributed by atoms with Gasteiger partial charge in [0.15, 0.2) is 0 Å². The summed E-state index contributed by atoms with van der Waals surface area (Å²) in [6.07, 6.45) is 0.428. The van der Waals surface area contributed by atoms with Gasteiger partial charge in [-0.3, -0.25) is 0 Å². The summed E-state index contributed by atoms with van der Waals surface area (Å²) in [5.41, 5.74) is 0. The van der Waals surface area contributed by atoms with E-state index in [4.69, 9.17) is 14.6 Å². The number of carboxylic acids is 1. The molecule has 25 heavy (non-hydrogen) atoms. The number of ether oxygens (including phenoxy) is 1. The fraction of sp³-hybridized carbons (Fsp3) is 0.667. The van der Waals surface area contributed by atoms with Crippen molar-refractivity contribution in [2.75, 3.05) is 38.6 Å². The van der Waals surface area contributed by atoms with Crippen LogP contribution in [-0.4, -0.2) is 78.1 Å². The molecule has 0 aliphatic carbocycles. The molecule has 7 nitrogen and oxygen atoms in total. The van der Waals surface area contributed by atoms with Gasteiger partial charge in [0.1, 0.15) is 0 Å². The highest BCUT2D eigenvalue weighted by atomic mass is 19.4. The fourth-order valence-corrected chi connectivity index (χ4v) is 3.01. The number of halogens is 3. The van der Waals surface area contributed by atoms with E-state index in [1.54, 1.807) is 12.4 Å². The number of fused-ring (bicyclic) bond motifs is 1. The van der Waals surface area contributed by atoms with Gasteiger partial charge in [0.05, 0.1) is 12.2 Å². The van der Waals surface area contributed by atoms with E-state index in [1.165, 1.54) is 0 Å². The molecule has 10 heteroatoms. The number of hydrogen-bond acceptors (Lipinski definition) is 6. The monoisotopic (exact) mass is 362 g/mol. The van der Waals surface area contributed by atoms with Gasteiger partial charge in [-0.05, 0) is 26.6 Å². The van der Waals surface area contributed by atoms with E-state index in [1.807, 2.05) is 6.07 Å². The predicted molar refractivity (Wildman–Crippen MR) is 83.3 cm³/mol. The van der Waals surface area contributed by atoms with E-state index in [0.717, 1.165) is 32.0 Å². The van der Waals surface area contributed by atoms with Gasteiger partial charge in [-0.15, -0.1) is 0 Å². The lowest BCUT2D eigenvalue weighted by Crippen LogP contribution is -2.30. The summed E-state index contributed by atoms with van der Waals surface area (Å²) in [5.74, 6) is -1.29. The van der Waals surface area contributed by atoms with Crippen LogP contribution in [-0.2, 0) is 9.53 Å². The third-order valence-corrected chi connectivity index (χ3v) is 3.96. The van der Waals surface area contributed by atoms with Crippen LogP contribution >= 0.6 is 0 Å². The molecule has 1 N–H and O–H groups in total. The van der Waals surface area contributed by atoms with E-state index in [-0.39, 0.29) is 0 Å². The average Bonchev–Trinajstić information content (AvgIpc) is 3.05. The van der Waals surface area contributed by atoms with E-state index in [9.17, 15) is 13.2 Å². The van der Waals surface area contributed by atoms with Crippen LogP contribution < -0.4 is 4.90 Å². The molecule has 0 saturated carbocycles. The molecule has 2 fully saturated rings. The number of rotatable bonds is 3. The zero-order valence-corrected chi connectivity index (χ0v) is 14.0. The highest BCUT2D eigenvalue weighted by molar-refractivity contribution is 5.73. The second-order valence-corrected chi connectivity index (χ2v) is 6.31. The summed E-state index contributed by atoms with van der Waals surface area (Å²) in [5, 5.41) is 7.12. The number of hydrogen-bond donors (Lipinski definition) is 1. The molecule has 2 aliphatic heterocycles.